The van der Waals surface area contributed by atoms with Crippen molar-refractivity contribution in [3.05, 3.63) is 66.0 Å². The third-order valence-electron chi connectivity index (χ3n) is 6.74. The van der Waals surface area contributed by atoms with Gasteiger partial charge in [-0.1, -0.05) is 30.3 Å². The van der Waals surface area contributed by atoms with Crippen LogP contribution in [-0.2, 0) is 4.74 Å². The molecule has 0 spiro atoms. The summed E-state index contributed by atoms with van der Waals surface area (Å²) in [4.78, 5) is 35.0. The molecule has 1 aromatic carbocycles. The van der Waals surface area contributed by atoms with Crippen LogP contribution in [0.1, 0.15) is 61.5 Å². The first-order chi connectivity index (χ1) is 15.4. The minimum atomic E-state index is -0.590. The largest absolute Gasteiger partial charge is 0.441 e. The third-order valence-corrected chi connectivity index (χ3v) is 6.74. The van der Waals surface area contributed by atoms with Crippen LogP contribution in [0.3, 0.4) is 0 Å². The molecule has 0 unspecified atom stereocenters. The lowest BCUT2D eigenvalue weighted by Gasteiger charge is -2.38. The highest BCUT2D eigenvalue weighted by molar-refractivity contribution is 6.05. The number of fused-ring (bicyclic) bond motifs is 1. The average Bonchev–Trinajstić information content (AvgIpc) is 3.35. The Bertz CT molecular complexity index is 1130. The highest BCUT2D eigenvalue weighted by Crippen LogP contribution is 2.44. The Morgan fingerprint density at radius 3 is 2.62 bits per heavy atom. The standard InChI is InChI=1S/C25H28N4O3/c1-25(2)21(16-6-4-3-5-7-16)29(24(31)32-25)18-10-8-17(9-11-18)28-23(30)20-13-15-27-22-19(20)12-14-26-22/h3-7,12-15,17-18,21H,8-11H2,1-2H3,(H,26,27)(H,28,30)/t17?,18?,21-/m0/s1. The van der Waals surface area contributed by atoms with Crippen LogP contribution >= 0.6 is 0 Å². The lowest BCUT2D eigenvalue weighted by Crippen LogP contribution is -2.46. The summed E-state index contributed by atoms with van der Waals surface area (Å²) in [5, 5.41) is 4.01. The number of hydrogen-bond donors (Lipinski definition) is 2. The van der Waals surface area contributed by atoms with E-state index >= 15 is 0 Å². The molecule has 5 rings (SSSR count). The zero-order chi connectivity index (χ0) is 22.3. The van der Waals surface area contributed by atoms with Gasteiger partial charge in [0.1, 0.15) is 11.2 Å². The zero-order valence-electron chi connectivity index (χ0n) is 18.4. The number of amides is 2. The van der Waals surface area contributed by atoms with E-state index in [0.29, 0.717) is 11.2 Å². The molecule has 0 radical (unpaired) electrons. The zero-order valence-corrected chi connectivity index (χ0v) is 18.4. The maximum Gasteiger partial charge on any atom is 0.411 e. The van der Waals surface area contributed by atoms with Gasteiger partial charge < -0.3 is 15.0 Å². The number of nitrogens with one attached hydrogen (secondary N) is 2. The van der Waals surface area contributed by atoms with Gasteiger partial charge in [-0.2, -0.15) is 0 Å². The Hall–Kier alpha value is -3.35. The minimum absolute atomic E-state index is 0.0793. The smallest absolute Gasteiger partial charge is 0.411 e. The molecule has 1 saturated carbocycles. The van der Waals surface area contributed by atoms with Crippen molar-refractivity contribution >= 4 is 23.0 Å². The number of carbonyl (C=O) groups excluding carboxylic acids is 2. The summed E-state index contributed by atoms with van der Waals surface area (Å²) in [7, 11) is 0. The molecule has 166 valence electrons. The van der Waals surface area contributed by atoms with Crippen molar-refractivity contribution in [2.45, 2.75) is 63.3 Å². The second-order valence-electron chi connectivity index (χ2n) is 9.27. The molecule has 3 heterocycles. The predicted molar refractivity (Wildman–Crippen MR) is 121 cm³/mol. The monoisotopic (exact) mass is 432 g/mol. The number of pyridine rings is 1. The summed E-state index contributed by atoms with van der Waals surface area (Å²) >= 11 is 0. The third kappa shape index (κ3) is 3.61. The fourth-order valence-electron chi connectivity index (χ4n) is 5.25. The molecule has 1 saturated heterocycles. The van der Waals surface area contributed by atoms with E-state index in [9.17, 15) is 9.59 Å². The molecule has 3 aromatic rings. The maximum absolute atomic E-state index is 12.9. The van der Waals surface area contributed by atoms with Gasteiger partial charge in [-0.15, -0.1) is 0 Å². The second-order valence-corrected chi connectivity index (χ2v) is 9.27. The highest BCUT2D eigenvalue weighted by atomic mass is 16.6. The molecule has 1 aliphatic heterocycles. The van der Waals surface area contributed by atoms with Crippen LogP contribution in [-0.4, -0.2) is 44.6 Å². The summed E-state index contributed by atoms with van der Waals surface area (Å²) in [5.74, 6) is -0.0793. The van der Waals surface area contributed by atoms with Crippen LogP contribution < -0.4 is 5.32 Å². The molecule has 1 atom stereocenters. The summed E-state index contributed by atoms with van der Waals surface area (Å²) in [6, 6.07) is 13.8. The molecule has 0 bridgehead atoms. The first-order valence-corrected chi connectivity index (χ1v) is 11.2. The van der Waals surface area contributed by atoms with Crippen LogP contribution in [0.5, 0.6) is 0 Å². The van der Waals surface area contributed by atoms with Crippen molar-refractivity contribution < 1.29 is 14.3 Å². The van der Waals surface area contributed by atoms with E-state index in [1.54, 1.807) is 18.5 Å². The Labute approximate surface area is 187 Å². The fraction of sp³-hybridized carbons (Fsp3) is 0.400. The number of carbonyl (C=O) groups is 2. The van der Waals surface area contributed by atoms with Crippen LogP contribution in [0.4, 0.5) is 4.79 Å². The summed E-state index contributed by atoms with van der Waals surface area (Å²) in [5.41, 5.74) is 1.84. The van der Waals surface area contributed by atoms with Crippen molar-refractivity contribution in [2.75, 3.05) is 0 Å². The van der Waals surface area contributed by atoms with Gasteiger partial charge in [-0.3, -0.25) is 9.69 Å². The molecule has 2 aromatic heterocycles. The molecule has 2 fully saturated rings. The van der Waals surface area contributed by atoms with Gasteiger partial charge >= 0.3 is 6.09 Å². The first-order valence-electron chi connectivity index (χ1n) is 11.2. The van der Waals surface area contributed by atoms with Crippen LogP contribution in [0, 0.1) is 0 Å². The number of benzene rings is 1. The van der Waals surface area contributed by atoms with Crippen molar-refractivity contribution in [2.24, 2.45) is 0 Å². The molecule has 7 heteroatoms. The first kappa shape index (κ1) is 20.5. The van der Waals surface area contributed by atoms with E-state index in [2.05, 4.69) is 27.4 Å². The van der Waals surface area contributed by atoms with E-state index in [4.69, 9.17) is 4.74 Å². The van der Waals surface area contributed by atoms with Crippen molar-refractivity contribution in [3.8, 4) is 0 Å². The van der Waals surface area contributed by atoms with Gasteiger partial charge in [0, 0.05) is 29.9 Å². The van der Waals surface area contributed by atoms with E-state index in [1.807, 2.05) is 43.0 Å². The number of rotatable bonds is 4. The van der Waals surface area contributed by atoms with Crippen LogP contribution in [0.25, 0.3) is 11.0 Å². The number of nitrogens with zero attached hydrogens (tertiary/aromatic N) is 2. The fourth-order valence-corrected chi connectivity index (χ4v) is 5.25. The predicted octanol–water partition coefficient (Wildman–Crippen LogP) is 4.58. The molecule has 2 N–H and O–H groups in total. The van der Waals surface area contributed by atoms with E-state index in [1.165, 1.54) is 0 Å². The van der Waals surface area contributed by atoms with Gasteiger partial charge in [-0.25, -0.2) is 9.78 Å². The summed E-state index contributed by atoms with van der Waals surface area (Å²) in [6.07, 6.45) is 6.50. The van der Waals surface area contributed by atoms with Gasteiger partial charge in [0.25, 0.3) is 5.91 Å². The van der Waals surface area contributed by atoms with Crippen molar-refractivity contribution in [1.29, 1.82) is 0 Å². The maximum atomic E-state index is 12.9. The minimum Gasteiger partial charge on any atom is -0.441 e. The van der Waals surface area contributed by atoms with Crippen LogP contribution in [0.2, 0.25) is 0 Å². The number of ether oxygens (including phenoxy) is 1. The Kier molecular flexibility index (Phi) is 5.12. The SMILES string of the molecule is CC1(C)OC(=O)N(C2CCC(NC(=O)c3ccnc4[nH]ccc34)CC2)[C@H]1c1ccccc1. The quantitative estimate of drug-likeness (QED) is 0.632. The molecular formula is C25H28N4O3. The Morgan fingerprint density at radius 1 is 1.12 bits per heavy atom. The summed E-state index contributed by atoms with van der Waals surface area (Å²) < 4.78 is 5.77. The van der Waals surface area contributed by atoms with E-state index in [0.717, 1.165) is 36.6 Å². The van der Waals surface area contributed by atoms with Gasteiger partial charge in [0.15, 0.2) is 0 Å². The molecule has 2 amide bonds. The average molecular weight is 433 g/mol. The van der Waals surface area contributed by atoms with Gasteiger partial charge in [-0.05, 0) is 57.2 Å². The second kappa shape index (κ2) is 7.97. The number of cyclic esters (lactones) is 1. The summed E-state index contributed by atoms with van der Waals surface area (Å²) in [6.45, 7) is 3.95. The normalized spacial score (nSPS) is 25.0. The highest BCUT2D eigenvalue weighted by Gasteiger charge is 2.51. The Balaban J connectivity index is 1.27. The van der Waals surface area contributed by atoms with Crippen molar-refractivity contribution in [3.63, 3.8) is 0 Å². The van der Waals surface area contributed by atoms with Gasteiger partial charge in [0.05, 0.1) is 11.6 Å². The lowest BCUT2D eigenvalue weighted by atomic mass is 9.86. The Morgan fingerprint density at radius 2 is 1.88 bits per heavy atom. The number of aromatic amines is 1. The molecule has 1 aliphatic carbocycles. The topological polar surface area (TPSA) is 87.3 Å². The molecular weight excluding hydrogens is 404 g/mol. The van der Waals surface area contributed by atoms with E-state index in [-0.39, 0.29) is 30.1 Å². The molecule has 32 heavy (non-hydrogen) atoms. The van der Waals surface area contributed by atoms with Crippen molar-refractivity contribution in [1.82, 2.24) is 20.2 Å². The number of aromatic nitrogens is 2. The lowest BCUT2D eigenvalue weighted by molar-refractivity contribution is 0.0663. The van der Waals surface area contributed by atoms with Gasteiger partial charge in [0.2, 0.25) is 0 Å². The molecule has 2 aliphatic rings. The number of hydrogen-bond acceptors (Lipinski definition) is 4. The number of H-pyrrole nitrogens is 1. The van der Waals surface area contributed by atoms with Crippen LogP contribution in [0.15, 0.2) is 54.9 Å². The molecule has 7 nitrogen and oxygen atoms in total. The van der Waals surface area contributed by atoms with E-state index < -0.39 is 5.60 Å².